The van der Waals surface area contributed by atoms with Crippen molar-refractivity contribution < 1.29 is 0 Å². The van der Waals surface area contributed by atoms with Gasteiger partial charge in [-0.1, -0.05) is 37.3 Å². The van der Waals surface area contributed by atoms with Gasteiger partial charge in [-0.2, -0.15) is 0 Å². The highest BCUT2D eigenvalue weighted by Crippen LogP contribution is 2.20. The molecule has 3 nitrogen and oxygen atoms in total. The normalized spacial score (nSPS) is 21.6. The van der Waals surface area contributed by atoms with Gasteiger partial charge in [0.2, 0.25) is 0 Å². The molecule has 3 rings (SSSR count). The number of rotatable bonds is 6. The molecule has 2 heterocycles. The van der Waals surface area contributed by atoms with Gasteiger partial charge in [0.05, 0.1) is 0 Å². The fourth-order valence-corrected chi connectivity index (χ4v) is 3.73. The van der Waals surface area contributed by atoms with E-state index in [1.54, 1.807) is 0 Å². The SMILES string of the molecule is CCN(C1CCN(CCc2ccccc2)CC1)C1CNC1. The third-order valence-corrected chi connectivity index (χ3v) is 5.18. The van der Waals surface area contributed by atoms with Crippen molar-refractivity contribution in [1.29, 1.82) is 0 Å². The average Bonchev–Trinajstić information content (AvgIpc) is 2.50. The summed E-state index contributed by atoms with van der Waals surface area (Å²) in [6.45, 7) is 9.68. The van der Waals surface area contributed by atoms with Crippen LogP contribution in [0.4, 0.5) is 0 Å². The Kier molecular flexibility index (Phi) is 5.28. The monoisotopic (exact) mass is 287 g/mol. The average molecular weight is 287 g/mol. The molecule has 2 aliphatic rings. The van der Waals surface area contributed by atoms with Crippen molar-refractivity contribution in [2.45, 2.75) is 38.3 Å². The van der Waals surface area contributed by atoms with Crippen LogP contribution in [0.5, 0.6) is 0 Å². The molecular weight excluding hydrogens is 258 g/mol. The minimum atomic E-state index is 0.802. The number of piperidine rings is 1. The van der Waals surface area contributed by atoms with E-state index in [4.69, 9.17) is 0 Å². The molecule has 0 spiro atoms. The Labute approximate surface area is 129 Å². The summed E-state index contributed by atoms with van der Waals surface area (Å²) in [4.78, 5) is 5.39. The minimum absolute atomic E-state index is 0.802. The maximum atomic E-state index is 3.41. The lowest BCUT2D eigenvalue weighted by atomic mass is 9.98. The molecule has 0 bridgehead atoms. The van der Waals surface area contributed by atoms with Gasteiger partial charge in [0.15, 0.2) is 0 Å². The first-order valence-electron chi connectivity index (χ1n) is 8.59. The number of nitrogens with zero attached hydrogens (tertiary/aromatic N) is 2. The van der Waals surface area contributed by atoms with Crippen LogP contribution in [0.2, 0.25) is 0 Å². The molecule has 3 heteroatoms. The van der Waals surface area contributed by atoms with Crippen molar-refractivity contribution >= 4 is 0 Å². The lowest BCUT2D eigenvalue weighted by molar-refractivity contribution is 0.0563. The number of nitrogens with one attached hydrogen (secondary N) is 1. The minimum Gasteiger partial charge on any atom is -0.314 e. The van der Waals surface area contributed by atoms with Crippen molar-refractivity contribution in [1.82, 2.24) is 15.1 Å². The highest BCUT2D eigenvalue weighted by Gasteiger charge is 2.31. The standard InChI is InChI=1S/C18H29N3/c1-2-21(18-14-19-15-18)17-9-12-20(13-10-17)11-8-16-6-4-3-5-7-16/h3-7,17-19H,2,8-15H2,1H3. The topological polar surface area (TPSA) is 18.5 Å². The fraction of sp³-hybridized carbons (Fsp3) is 0.667. The van der Waals surface area contributed by atoms with E-state index in [1.807, 2.05) is 0 Å². The van der Waals surface area contributed by atoms with Crippen LogP contribution in [0.3, 0.4) is 0 Å². The van der Waals surface area contributed by atoms with E-state index in [0.717, 1.165) is 12.1 Å². The molecule has 2 aliphatic heterocycles. The van der Waals surface area contributed by atoms with Crippen molar-refractivity contribution in [2.24, 2.45) is 0 Å². The third-order valence-electron chi connectivity index (χ3n) is 5.18. The van der Waals surface area contributed by atoms with Crippen molar-refractivity contribution in [3.05, 3.63) is 35.9 Å². The molecule has 21 heavy (non-hydrogen) atoms. The molecule has 0 saturated carbocycles. The Morgan fingerprint density at radius 1 is 1.10 bits per heavy atom. The summed E-state index contributed by atoms with van der Waals surface area (Å²) >= 11 is 0. The van der Waals surface area contributed by atoms with Crippen LogP contribution in [0, 0.1) is 0 Å². The van der Waals surface area contributed by atoms with E-state index in [9.17, 15) is 0 Å². The van der Waals surface area contributed by atoms with Crippen LogP contribution < -0.4 is 5.32 Å². The van der Waals surface area contributed by atoms with Gasteiger partial charge >= 0.3 is 0 Å². The third kappa shape index (κ3) is 3.85. The number of hydrogen-bond donors (Lipinski definition) is 1. The van der Waals surface area contributed by atoms with Gasteiger partial charge in [0, 0.05) is 31.7 Å². The molecular formula is C18H29N3. The first-order valence-corrected chi connectivity index (χ1v) is 8.59. The molecule has 0 radical (unpaired) electrons. The zero-order valence-corrected chi connectivity index (χ0v) is 13.3. The number of likely N-dealkylation sites (N-methyl/N-ethyl adjacent to an activating group) is 1. The maximum Gasteiger partial charge on any atom is 0.0348 e. The summed E-state index contributed by atoms with van der Waals surface area (Å²) in [5.74, 6) is 0. The van der Waals surface area contributed by atoms with Gasteiger partial charge in [0.1, 0.15) is 0 Å². The fourth-order valence-electron chi connectivity index (χ4n) is 3.73. The second-order valence-electron chi connectivity index (χ2n) is 6.45. The molecule has 2 saturated heterocycles. The summed E-state index contributed by atoms with van der Waals surface area (Å²) in [6, 6.07) is 12.5. The number of benzene rings is 1. The molecule has 0 aliphatic carbocycles. The zero-order valence-electron chi connectivity index (χ0n) is 13.3. The van der Waals surface area contributed by atoms with E-state index in [0.29, 0.717) is 0 Å². The van der Waals surface area contributed by atoms with E-state index >= 15 is 0 Å². The highest BCUT2D eigenvalue weighted by atomic mass is 15.3. The van der Waals surface area contributed by atoms with Crippen LogP contribution in [0.1, 0.15) is 25.3 Å². The molecule has 0 unspecified atom stereocenters. The lowest BCUT2D eigenvalue weighted by Crippen LogP contribution is -2.61. The van der Waals surface area contributed by atoms with Gasteiger partial charge < -0.3 is 10.2 Å². The molecule has 2 fully saturated rings. The number of hydrogen-bond acceptors (Lipinski definition) is 3. The summed E-state index contributed by atoms with van der Waals surface area (Å²) in [5.41, 5.74) is 1.47. The summed E-state index contributed by atoms with van der Waals surface area (Å²) in [7, 11) is 0. The second kappa shape index (κ2) is 7.39. The van der Waals surface area contributed by atoms with E-state index in [-0.39, 0.29) is 0 Å². The second-order valence-corrected chi connectivity index (χ2v) is 6.45. The maximum absolute atomic E-state index is 3.41. The molecule has 1 aromatic rings. The summed E-state index contributed by atoms with van der Waals surface area (Å²) in [5, 5.41) is 3.41. The lowest BCUT2D eigenvalue weighted by Gasteiger charge is -2.45. The van der Waals surface area contributed by atoms with Gasteiger partial charge in [-0.15, -0.1) is 0 Å². The van der Waals surface area contributed by atoms with Crippen molar-refractivity contribution in [3.8, 4) is 0 Å². The Morgan fingerprint density at radius 3 is 2.38 bits per heavy atom. The Morgan fingerprint density at radius 2 is 1.81 bits per heavy atom. The van der Waals surface area contributed by atoms with Crippen molar-refractivity contribution in [3.63, 3.8) is 0 Å². The zero-order chi connectivity index (χ0) is 14.5. The predicted octanol–water partition coefficient (Wildman–Crippen LogP) is 1.99. The number of likely N-dealkylation sites (tertiary alicyclic amines) is 1. The largest absolute Gasteiger partial charge is 0.314 e. The molecule has 0 atom stereocenters. The van der Waals surface area contributed by atoms with Crippen LogP contribution >= 0.6 is 0 Å². The Bertz CT molecular complexity index is 408. The van der Waals surface area contributed by atoms with Crippen molar-refractivity contribution in [2.75, 3.05) is 39.3 Å². The van der Waals surface area contributed by atoms with E-state index < -0.39 is 0 Å². The van der Waals surface area contributed by atoms with Crippen LogP contribution in [-0.4, -0.2) is 61.2 Å². The molecule has 0 amide bonds. The summed E-state index contributed by atoms with van der Waals surface area (Å²) in [6.07, 6.45) is 3.88. The van der Waals surface area contributed by atoms with Crippen LogP contribution in [0.15, 0.2) is 30.3 Å². The van der Waals surface area contributed by atoms with E-state index in [1.165, 1.54) is 64.1 Å². The Hall–Kier alpha value is -0.900. The van der Waals surface area contributed by atoms with Gasteiger partial charge in [-0.25, -0.2) is 0 Å². The van der Waals surface area contributed by atoms with Gasteiger partial charge in [0.25, 0.3) is 0 Å². The van der Waals surface area contributed by atoms with E-state index in [2.05, 4.69) is 52.4 Å². The first kappa shape index (κ1) is 15.0. The van der Waals surface area contributed by atoms with Gasteiger partial charge in [-0.3, -0.25) is 4.90 Å². The molecule has 0 aromatic heterocycles. The van der Waals surface area contributed by atoms with Crippen LogP contribution in [-0.2, 0) is 6.42 Å². The molecule has 1 aromatic carbocycles. The Balaban J connectivity index is 1.42. The quantitative estimate of drug-likeness (QED) is 0.863. The molecule has 1 N–H and O–H groups in total. The first-order chi connectivity index (χ1) is 10.4. The highest BCUT2D eigenvalue weighted by molar-refractivity contribution is 5.14. The van der Waals surface area contributed by atoms with Crippen LogP contribution in [0.25, 0.3) is 0 Å². The summed E-state index contributed by atoms with van der Waals surface area (Å²) < 4.78 is 0. The predicted molar refractivity (Wildman–Crippen MR) is 88.6 cm³/mol. The van der Waals surface area contributed by atoms with Gasteiger partial charge in [-0.05, 0) is 44.5 Å². The smallest absolute Gasteiger partial charge is 0.0348 e. The molecule has 116 valence electrons.